The lowest BCUT2D eigenvalue weighted by molar-refractivity contribution is -0.274. The molecular weight excluding hydrogens is 241 g/mol. The molecule has 5 heteroatoms. The molecule has 0 unspecified atom stereocenters. The average Bonchev–Trinajstić information content (AvgIpc) is 2.86. The lowest BCUT2D eigenvalue weighted by atomic mass is 9.98. The first-order valence-corrected chi connectivity index (χ1v) is 5.24. The summed E-state index contributed by atoms with van der Waals surface area (Å²) in [4.78, 5) is 0. The van der Waals surface area contributed by atoms with Crippen molar-refractivity contribution in [3.05, 3.63) is 28.8 Å². The van der Waals surface area contributed by atoms with Crippen molar-refractivity contribution in [2.45, 2.75) is 31.5 Å². The Balaban J connectivity index is 2.30. The van der Waals surface area contributed by atoms with Crippen LogP contribution in [0.5, 0.6) is 5.75 Å². The van der Waals surface area contributed by atoms with Gasteiger partial charge in [0.1, 0.15) is 5.75 Å². The number of halogens is 4. The molecule has 16 heavy (non-hydrogen) atoms. The number of alkyl halides is 3. The number of hydrogen-bond donors (Lipinski definition) is 0. The molecule has 88 valence electrons. The monoisotopic (exact) mass is 250 g/mol. The summed E-state index contributed by atoms with van der Waals surface area (Å²) in [5.74, 6) is -0.320. The lowest BCUT2D eigenvalue weighted by Crippen LogP contribution is -2.17. The zero-order chi connectivity index (χ0) is 12.0. The van der Waals surface area contributed by atoms with Crippen LogP contribution in [0, 0.1) is 0 Å². The van der Waals surface area contributed by atoms with Crippen LogP contribution in [0.4, 0.5) is 13.2 Å². The first-order chi connectivity index (χ1) is 7.30. The highest BCUT2D eigenvalue weighted by atomic mass is 35.5. The first kappa shape index (κ1) is 11.6. The molecule has 1 fully saturated rings. The van der Waals surface area contributed by atoms with Crippen LogP contribution in [-0.2, 0) is 5.41 Å². The second kappa shape index (κ2) is 3.55. The van der Waals surface area contributed by atoms with Gasteiger partial charge in [-0.15, -0.1) is 13.2 Å². The van der Waals surface area contributed by atoms with E-state index in [9.17, 15) is 13.2 Å². The van der Waals surface area contributed by atoms with Gasteiger partial charge >= 0.3 is 6.36 Å². The highest BCUT2D eigenvalue weighted by Gasteiger charge is 2.40. The Kier molecular flexibility index (Phi) is 2.57. The molecule has 0 spiro atoms. The van der Waals surface area contributed by atoms with E-state index in [0.717, 1.165) is 18.4 Å². The van der Waals surface area contributed by atoms with E-state index < -0.39 is 6.36 Å². The van der Waals surface area contributed by atoms with Crippen molar-refractivity contribution >= 4 is 11.6 Å². The topological polar surface area (TPSA) is 9.23 Å². The summed E-state index contributed by atoms with van der Waals surface area (Å²) in [5.41, 5.74) is 0.838. The van der Waals surface area contributed by atoms with Crippen molar-refractivity contribution in [1.82, 2.24) is 0 Å². The second-order valence-corrected chi connectivity index (χ2v) is 4.66. The van der Waals surface area contributed by atoms with Gasteiger partial charge < -0.3 is 4.74 Å². The van der Waals surface area contributed by atoms with Gasteiger partial charge in [0.05, 0.1) is 5.02 Å². The van der Waals surface area contributed by atoms with E-state index in [0.29, 0.717) is 0 Å². The maximum atomic E-state index is 12.1. The zero-order valence-electron chi connectivity index (χ0n) is 8.57. The van der Waals surface area contributed by atoms with E-state index in [1.807, 2.05) is 6.92 Å². The Morgan fingerprint density at radius 2 is 1.94 bits per heavy atom. The molecule has 0 saturated heterocycles. The molecule has 0 bridgehead atoms. The van der Waals surface area contributed by atoms with Gasteiger partial charge in [-0.1, -0.05) is 24.6 Å². The van der Waals surface area contributed by atoms with E-state index >= 15 is 0 Å². The van der Waals surface area contributed by atoms with Gasteiger partial charge in [0.25, 0.3) is 0 Å². The molecule has 1 aliphatic carbocycles. The van der Waals surface area contributed by atoms with Gasteiger partial charge in [-0.2, -0.15) is 0 Å². The Bertz CT molecular complexity index is 410. The smallest absolute Gasteiger partial charge is 0.404 e. The maximum absolute atomic E-state index is 12.1. The highest BCUT2D eigenvalue weighted by molar-refractivity contribution is 6.32. The van der Waals surface area contributed by atoms with Gasteiger partial charge in [0.15, 0.2) is 0 Å². The van der Waals surface area contributed by atoms with Crippen molar-refractivity contribution in [3.8, 4) is 5.75 Å². The molecule has 0 aromatic heterocycles. The molecule has 2 rings (SSSR count). The van der Waals surface area contributed by atoms with Crippen LogP contribution in [0.25, 0.3) is 0 Å². The third kappa shape index (κ3) is 2.43. The minimum atomic E-state index is -4.70. The summed E-state index contributed by atoms with van der Waals surface area (Å²) in [5, 5.41) is -0.0228. The van der Waals surface area contributed by atoms with Crippen LogP contribution in [0.1, 0.15) is 25.3 Å². The SMILES string of the molecule is CC1(c2ccc(Cl)c(OC(F)(F)F)c2)CC1. The highest BCUT2D eigenvalue weighted by Crippen LogP contribution is 2.49. The normalized spacial score (nSPS) is 18.3. The van der Waals surface area contributed by atoms with Crippen LogP contribution >= 0.6 is 11.6 Å². The molecule has 0 radical (unpaired) electrons. The van der Waals surface area contributed by atoms with Gasteiger partial charge in [-0.3, -0.25) is 0 Å². The van der Waals surface area contributed by atoms with Crippen LogP contribution in [0.2, 0.25) is 5.02 Å². The Morgan fingerprint density at radius 3 is 2.44 bits per heavy atom. The third-order valence-electron chi connectivity index (χ3n) is 2.85. The Morgan fingerprint density at radius 1 is 1.31 bits per heavy atom. The Hall–Kier alpha value is -0.900. The predicted octanol–water partition coefficient (Wildman–Crippen LogP) is 4.29. The summed E-state index contributed by atoms with van der Waals surface area (Å²) in [7, 11) is 0. The molecule has 1 nitrogen and oxygen atoms in total. The van der Waals surface area contributed by atoms with Crippen molar-refractivity contribution in [2.24, 2.45) is 0 Å². The third-order valence-corrected chi connectivity index (χ3v) is 3.17. The standard InChI is InChI=1S/C11H10ClF3O/c1-10(4-5-10)7-2-3-8(12)9(6-7)16-11(13,14)15/h2-3,6H,4-5H2,1H3. The largest absolute Gasteiger partial charge is 0.573 e. The molecule has 1 aliphatic rings. The van der Waals surface area contributed by atoms with E-state index in [1.54, 1.807) is 6.07 Å². The average molecular weight is 251 g/mol. The fraction of sp³-hybridized carbons (Fsp3) is 0.455. The van der Waals surface area contributed by atoms with Crippen molar-refractivity contribution in [2.75, 3.05) is 0 Å². The van der Waals surface area contributed by atoms with E-state index in [4.69, 9.17) is 11.6 Å². The predicted molar refractivity (Wildman–Crippen MR) is 54.7 cm³/mol. The van der Waals surface area contributed by atoms with Crippen molar-refractivity contribution in [1.29, 1.82) is 0 Å². The molecule has 1 aromatic carbocycles. The molecule has 1 saturated carbocycles. The number of rotatable bonds is 2. The van der Waals surface area contributed by atoms with E-state index in [2.05, 4.69) is 4.74 Å². The van der Waals surface area contributed by atoms with Crippen LogP contribution < -0.4 is 4.74 Å². The number of ether oxygens (including phenoxy) is 1. The lowest BCUT2D eigenvalue weighted by Gasteiger charge is -2.14. The number of benzene rings is 1. The van der Waals surface area contributed by atoms with Gasteiger partial charge in [-0.05, 0) is 36.0 Å². The Labute approximate surface area is 96.2 Å². The van der Waals surface area contributed by atoms with Gasteiger partial charge in [0, 0.05) is 0 Å². The zero-order valence-corrected chi connectivity index (χ0v) is 9.32. The summed E-state index contributed by atoms with van der Waals surface area (Å²) in [6, 6.07) is 4.57. The van der Waals surface area contributed by atoms with Gasteiger partial charge in [0.2, 0.25) is 0 Å². The van der Waals surface area contributed by atoms with E-state index in [1.165, 1.54) is 12.1 Å². The van der Waals surface area contributed by atoms with Crippen LogP contribution in [-0.4, -0.2) is 6.36 Å². The minimum Gasteiger partial charge on any atom is -0.404 e. The van der Waals surface area contributed by atoms with Gasteiger partial charge in [-0.25, -0.2) is 0 Å². The summed E-state index contributed by atoms with van der Waals surface area (Å²) >= 11 is 5.65. The number of hydrogen-bond acceptors (Lipinski definition) is 1. The van der Waals surface area contributed by atoms with Crippen LogP contribution in [0.3, 0.4) is 0 Å². The van der Waals surface area contributed by atoms with Crippen molar-refractivity contribution in [3.63, 3.8) is 0 Å². The second-order valence-electron chi connectivity index (χ2n) is 4.25. The maximum Gasteiger partial charge on any atom is 0.573 e. The summed E-state index contributed by atoms with van der Waals surface area (Å²) in [6.07, 6.45) is -2.73. The molecular formula is C11H10ClF3O. The molecule has 0 atom stereocenters. The first-order valence-electron chi connectivity index (χ1n) is 4.86. The molecule has 0 heterocycles. The fourth-order valence-corrected chi connectivity index (χ4v) is 1.71. The minimum absolute atomic E-state index is 0.00566. The van der Waals surface area contributed by atoms with Crippen LogP contribution in [0.15, 0.2) is 18.2 Å². The summed E-state index contributed by atoms with van der Waals surface area (Å²) in [6.45, 7) is 2.01. The molecule has 0 N–H and O–H groups in total. The van der Waals surface area contributed by atoms with E-state index in [-0.39, 0.29) is 16.2 Å². The molecule has 0 amide bonds. The molecule has 1 aromatic rings. The summed E-state index contributed by atoms with van der Waals surface area (Å²) < 4.78 is 40.1. The fourth-order valence-electron chi connectivity index (χ4n) is 1.56. The molecule has 0 aliphatic heterocycles. The van der Waals surface area contributed by atoms with Crippen molar-refractivity contribution < 1.29 is 17.9 Å². The quantitative estimate of drug-likeness (QED) is 0.761.